The van der Waals surface area contributed by atoms with Crippen molar-refractivity contribution in [3.63, 3.8) is 0 Å². The summed E-state index contributed by atoms with van der Waals surface area (Å²) in [6.45, 7) is 0. The lowest BCUT2D eigenvalue weighted by Crippen LogP contribution is -2.40. The molecule has 13 heavy (non-hydrogen) atoms. The van der Waals surface area contributed by atoms with Gasteiger partial charge >= 0.3 is 23.1 Å². The Morgan fingerprint density at radius 2 is 1.46 bits per heavy atom. The molecule has 66 valence electrons. The summed E-state index contributed by atoms with van der Waals surface area (Å²) in [5.41, 5.74) is 4.27. The zero-order valence-electron chi connectivity index (χ0n) is 6.17. The maximum absolute atomic E-state index is 10.9. The summed E-state index contributed by atoms with van der Waals surface area (Å²) in [5.74, 6) is -4.67. The minimum atomic E-state index is -1.19. The van der Waals surface area contributed by atoms with Gasteiger partial charge in [-0.15, -0.1) is 0 Å². The number of carbonyl (C=O) groups excluding carboxylic acids is 4. The lowest BCUT2D eigenvalue weighted by atomic mass is 9.90. The Kier molecular flexibility index (Phi) is 2.20. The van der Waals surface area contributed by atoms with Gasteiger partial charge in [-0.25, -0.2) is 9.59 Å². The molecule has 0 atom stereocenters. The molecule has 1 saturated carbocycles. The quantitative estimate of drug-likeness (QED) is 0.232. The number of ketones is 4. The minimum absolute atomic E-state index is 0.626. The first-order chi connectivity index (χ1) is 6.00. The zero-order valence-corrected chi connectivity index (χ0v) is 6.92. The van der Waals surface area contributed by atoms with Gasteiger partial charge in [-0.2, -0.15) is 0 Å². The standard InChI is InChI=1S/C7H2ClNO4/c8-3-6(12)4(10)2(1-9)5(11)7(3)13/h1H,(H-,9,10,11)/p+1. The van der Waals surface area contributed by atoms with Crippen LogP contribution >= 0.6 is 11.6 Å². The van der Waals surface area contributed by atoms with Gasteiger partial charge in [0.1, 0.15) is 0 Å². The van der Waals surface area contributed by atoms with Gasteiger partial charge in [-0.3, -0.25) is 9.59 Å². The molecule has 0 aromatic rings. The van der Waals surface area contributed by atoms with Gasteiger partial charge in [0.2, 0.25) is 5.57 Å². The molecule has 5 nitrogen and oxygen atoms in total. The summed E-state index contributed by atoms with van der Waals surface area (Å²) in [7, 11) is 0. The fraction of sp³-hybridized carbons (Fsp3) is 0. The molecule has 0 aliphatic heterocycles. The predicted molar refractivity (Wildman–Crippen MR) is 41.4 cm³/mol. The van der Waals surface area contributed by atoms with Crippen LogP contribution in [0.4, 0.5) is 0 Å². The van der Waals surface area contributed by atoms with E-state index in [4.69, 9.17) is 17.3 Å². The van der Waals surface area contributed by atoms with Crippen LogP contribution in [0.5, 0.6) is 0 Å². The maximum Gasteiger partial charge on any atom is 0.358 e. The van der Waals surface area contributed by atoms with Gasteiger partial charge < -0.3 is 5.73 Å². The van der Waals surface area contributed by atoms with Crippen LogP contribution in [0.15, 0.2) is 11.8 Å². The molecule has 1 fully saturated rings. The van der Waals surface area contributed by atoms with Crippen molar-refractivity contribution in [2.45, 2.75) is 0 Å². The van der Waals surface area contributed by atoms with Crippen molar-refractivity contribution < 1.29 is 19.2 Å². The lowest BCUT2D eigenvalue weighted by Gasteiger charge is -2.02. The van der Waals surface area contributed by atoms with Gasteiger partial charge in [0.15, 0.2) is 0 Å². The molecular formula is C7H3ClNO4+. The van der Waals surface area contributed by atoms with E-state index in [1.165, 1.54) is 0 Å². The van der Waals surface area contributed by atoms with Gasteiger partial charge in [0, 0.05) is 17.8 Å². The monoisotopic (exact) mass is 200 g/mol. The summed E-state index contributed by atoms with van der Waals surface area (Å²) in [6, 6.07) is 0. The Hall–Kier alpha value is -1.62. The molecule has 0 aromatic heterocycles. The van der Waals surface area contributed by atoms with Crippen LogP contribution in [-0.2, 0) is 19.2 Å². The predicted octanol–water partition coefficient (Wildman–Crippen LogP) is -1.11. The SMILES string of the molecule is NC=C1C(=O)C(=O)[C+](Cl)C(=O)C1=O. The Morgan fingerprint density at radius 1 is 1.08 bits per heavy atom. The third kappa shape index (κ3) is 1.23. The first kappa shape index (κ1) is 9.47. The Balaban J connectivity index is 3.22. The van der Waals surface area contributed by atoms with Crippen LogP contribution in [0.2, 0.25) is 0 Å². The smallest absolute Gasteiger partial charge is 0.358 e. The topological polar surface area (TPSA) is 94.3 Å². The maximum atomic E-state index is 10.9. The molecule has 0 unspecified atom stereocenters. The van der Waals surface area contributed by atoms with Crippen molar-refractivity contribution in [3.05, 3.63) is 17.2 Å². The summed E-state index contributed by atoms with van der Waals surface area (Å²) >= 11 is 5.14. The van der Waals surface area contributed by atoms with Crippen LogP contribution in [0, 0.1) is 5.38 Å². The van der Waals surface area contributed by atoms with Gasteiger partial charge in [-0.1, -0.05) is 0 Å². The molecule has 0 spiro atoms. The highest BCUT2D eigenvalue weighted by molar-refractivity contribution is 6.81. The molecule has 0 saturated heterocycles. The highest BCUT2D eigenvalue weighted by Gasteiger charge is 2.55. The van der Waals surface area contributed by atoms with Crippen molar-refractivity contribution in [3.8, 4) is 0 Å². The van der Waals surface area contributed by atoms with E-state index in [-0.39, 0.29) is 0 Å². The number of rotatable bonds is 0. The second kappa shape index (κ2) is 3.02. The van der Waals surface area contributed by atoms with Crippen LogP contribution in [-0.4, -0.2) is 23.1 Å². The highest BCUT2D eigenvalue weighted by Crippen LogP contribution is 2.21. The second-order valence-electron chi connectivity index (χ2n) is 2.21. The molecular weight excluding hydrogens is 198 g/mol. The number of allylic oxidation sites excluding steroid dienone is 1. The first-order valence-electron chi connectivity index (χ1n) is 3.13. The van der Waals surface area contributed by atoms with Gasteiger partial charge in [-0.05, 0) is 0 Å². The average Bonchev–Trinajstić information content (AvgIpc) is 2.13. The van der Waals surface area contributed by atoms with E-state index in [1.807, 2.05) is 0 Å². The van der Waals surface area contributed by atoms with Crippen molar-refractivity contribution in [1.29, 1.82) is 0 Å². The van der Waals surface area contributed by atoms with Gasteiger partial charge in [0.25, 0.3) is 5.38 Å². The van der Waals surface area contributed by atoms with Crippen LogP contribution in [0.1, 0.15) is 0 Å². The summed E-state index contributed by atoms with van der Waals surface area (Å²) in [6.07, 6.45) is 0.629. The van der Waals surface area contributed by atoms with Crippen molar-refractivity contribution in [2.75, 3.05) is 0 Å². The van der Waals surface area contributed by atoms with Gasteiger partial charge in [0.05, 0.1) is 0 Å². The number of hydrogen-bond acceptors (Lipinski definition) is 5. The van der Waals surface area contributed by atoms with E-state index >= 15 is 0 Å². The average molecular weight is 201 g/mol. The highest BCUT2D eigenvalue weighted by atomic mass is 35.5. The number of halogens is 1. The number of nitrogens with two attached hydrogens (primary N) is 1. The largest absolute Gasteiger partial charge is 0.402 e. The fourth-order valence-corrected chi connectivity index (χ4v) is 0.973. The van der Waals surface area contributed by atoms with E-state index in [0.717, 1.165) is 0 Å². The Labute approximate surface area is 77.5 Å². The summed E-state index contributed by atoms with van der Waals surface area (Å²) < 4.78 is 0. The lowest BCUT2D eigenvalue weighted by molar-refractivity contribution is -0.141. The number of carbonyl (C=O) groups is 4. The summed E-state index contributed by atoms with van der Waals surface area (Å²) in [4.78, 5) is 43.6. The Bertz CT molecular complexity index is 328. The van der Waals surface area contributed by atoms with Crippen molar-refractivity contribution in [1.82, 2.24) is 0 Å². The van der Waals surface area contributed by atoms with Crippen LogP contribution < -0.4 is 5.73 Å². The number of hydrogen-bond donors (Lipinski definition) is 1. The van der Waals surface area contributed by atoms with Crippen LogP contribution in [0.3, 0.4) is 0 Å². The van der Waals surface area contributed by atoms with Crippen molar-refractivity contribution >= 4 is 34.7 Å². The van der Waals surface area contributed by atoms with Crippen LogP contribution in [0.25, 0.3) is 0 Å². The number of Topliss-reactive ketones (excluding diaryl/α,β-unsaturated/α-hetero) is 4. The Morgan fingerprint density at radius 3 is 1.77 bits per heavy atom. The molecule has 2 N–H and O–H groups in total. The van der Waals surface area contributed by atoms with Crippen molar-refractivity contribution in [2.24, 2.45) is 5.73 Å². The van der Waals surface area contributed by atoms with E-state index in [9.17, 15) is 19.2 Å². The normalized spacial score (nSPS) is 18.2. The first-order valence-corrected chi connectivity index (χ1v) is 3.51. The zero-order chi connectivity index (χ0) is 10.2. The van der Waals surface area contributed by atoms with E-state index < -0.39 is 34.1 Å². The molecule has 0 amide bonds. The molecule has 0 heterocycles. The third-order valence-electron chi connectivity index (χ3n) is 1.47. The molecule has 6 heteroatoms. The van der Waals surface area contributed by atoms with E-state index in [0.29, 0.717) is 6.20 Å². The molecule has 0 aromatic carbocycles. The second-order valence-corrected chi connectivity index (χ2v) is 2.59. The molecule has 0 radical (unpaired) electrons. The molecule has 1 aliphatic carbocycles. The third-order valence-corrected chi connectivity index (χ3v) is 1.81. The summed E-state index contributed by atoms with van der Waals surface area (Å²) in [5, 5.41) is -0.874. The molecule has 0 bridgehead atoms. The minimum Gasteiger partial charge on any atom is -0.402 e. The fourth-order valence-electron chi connectivity index (χ4n) is 0.802. The molecule has 1 rings (SSSR count). The van der Waals surface area contributed by atoms with E-state index in [1.54, 1.807) is 0 Å². The van der Waals surface area contributed by atoms with E-state index in [2.05, 4.69) is 0 Å². The molecule has 1 aliphatic rings.